The van der Waals surface area contributed by atoms with Crippen LogP contribution < -0.4 is 5.56 Å². The highest BCUT2D eigenvalue weighted by atomic mass is 32.1. The summed E-state index contributed by atoms with van der Waals surface area (Å²) in [5.74, 6) is -0.692. The summed E-state index contributed by atoms with van der Waals surface area (Å²) in [7, 11) is 0. The van der Waals surface area contributed by atoms with E-state index in [1.807, 2.05) is 31.2 Å². The number of aryl methyl sites for hydroxylation is 1. The van der Waals surface area contributed by atoms with Crippen LogP contribution in [0.15, 0.2) is 58.3 Å². The number of aromatic amines is 1. The number of benzene rings is 2. The molecule has 0 bridgehead atoms. The van der Waals surface area contributed by atoms with Crippen molar-refractivity contribution in [2.24, 2.45) is 4.99 Å². The lowest BCUT2D eigenvalue weighted by Gasteiger charge is -2.11. The Morgan fingerprint density at radius 3 is 2.46 bits per heavy atom. The second kappa shape index (κ2) is 7.45. The molecule has 0 amide bonds. The Balaban J connectivity index is 2.07. The zero-order chi connectivity index (χ0) is 18.7. The number of H-pyrrole nitrogens is 1. The van der Waals surface area contributed by atoms with Gasteiger partial charge in [-0.1, -0.05) is 19.1 Å². The summed E-state index contributed by atoms with van der Waals surface area (Å²) in [4.78, 5) is 18.8. The lowest BCUT2D eigenvalue weighted by Crippen LogP contribution is -2.18. The van der Waals surface area contributed by atoms with Gasteiger partial charge < -0.3 is 5.11 Å². The largest absolute Gasteiger partial charge is 0.494 e. The molecule has 0 saturated carbocycles. The zero-order valence-corrected chi connectivity index (χ0v) is 14.8. The molecule has 3 aromatic rings. The third-order valence-electron chi connectivity index (χ3n) is 3.89. The van der Waals surface area contributed by atoms with Gasteiger partial charge in [0, 0.05) is 6.21 Å². The Morgan fingerprint density at radius 2 is 1.85 bits per heavy atom. The van der Waals surface area contributed by atoms with Gasteiger partial charge in [0.2, 0.25) is 5.88 Å². The number of halogens is 1. The quantitative estimate of drug-likeness (QED) is 0.538. The second-order valence-corrected chi connectivity index (χ2v) is 5.97. The normalized spacial score (nSPS) is 11.2. The van der Waals surface area contributed by atoms with Gasteiger partial charge in [0.1, 0.15) is 11.4 Å². The number of aromatic hydroxyl groups is 1. The Bertz CT molecular complexity index is 1070. The van der Waals surface area contributed by atoms with E-state index >= 15 is 0 Å². The number of nitrogens with one attached hydrogen (secondary N) is 1. The summed E-state index contributed by atoms with van der Waals surface area (Å²) in [5, 5.41) is 10.6. The number of hydrogen-bond donors (Lipinski definition) is 2. The molecule has 0 saturated heterocycles. The van der Waals surface area contributed by atoms with E-state index in [0.717, 1.165) is 12.0 Å². The lowest BCUT2D eigenvalue weighted by molar-refractivity contribution is 0.432. The van der Waals surface area contributed by atoms with Crippen molar-refractivity contribution in [2.45, 2.75) is 13.3 Å². The monoisotopic (exact) mass is 369 g/mol. The average Bonchev–Trinajstić information content (AvgIpc) is 2.63. The van der Waals surface area contributed by atoms with Gasteiger partial charge in [-0.25, -0.2) is 4.39 Å². The number of nitrogens with zero attached hydrogens (tertiary/aromatic N) is 2. The maximum absolute atomic E-state index is 13.0. The Labute approximate surface area is 154 Å². The molecule has 0 atom stereocenters. The van der Waals surface area contributed by atoms with Gasteiger partial charge in [0.25, 0.3) is 5.56 Å². The first-order valence-corrected chi connectivity index (χ1v) is 8.37. The summed E-state index contributed by atoms with van der Waals surface area (Å²) in [6.45, 7) is 2.04. The molecule has 0 radical (unpaired) electrons. The topological polar surface area (TPSA) is 70.4 Å². The van der Waals surface area contributed by atoms with Gasteiger partial charge in [0.15, 0.2) is 4.77 Å². The number of aromatic nitrogens is 2. The van der Waals surface area contributed by atoms with Crippen LogP contribution in [0.4, 0.5) is 10.1 Å². The van der Waals surface area contributed by atoms with Crippen LogP contribution in [0.2, 0.25) is 0 Å². The SMILES string of the molecule is CCc1ccc(-n2c(O)c(C=Nc3ccc(F)cc3)c(=O)[nH]c2=S)cc1. The van der Waals surface area contributed by atoms with E-state index in [4.69, 9.17) is 12.2 Å². The average molecular weight is 369 g/mol. The van der Waals surface area contributed by atoms with Crippen molar-refractivity contribution in [2.75, 3.05) is 0 Å². The fraction of sp³-hybridized carbons (Fsp3) is 0.105. The molecule has 5 nitrogen and oxygen atoms in total. The molecule has 2 N–H and O–H groups in total. The van der Waals surface area contributed by atoms with Gasteiger partial charge >= 0.3 is 0 Å². The summed E-state index contributed by atoms with van der Waals surface area (Å²) in [6.07, 6.45) is 2.12. The van der Waals surface area contributed by atoms with E-state index in [2.05, 4.69) is 9.98 Å². The minimum Gasteiger partial charge on any atom is -0.494 e. The molecule has 0 aliphatic rings. The molecular weight excluding hydrogens is 353 g/mol. The molecule has 2 aromatic carbocycles. The molecule has 0 unspecified atom stereocenters. The van der Waals surface area contributed by atoms with Crippen molar-refractivity contribution >= 4 is 24.1 Å². The Hall–Kier alpha value is -3.06. The number of aliphatic imine (C=N–C) groups is 1. The van der Waals surface area contributed by atoms with Crippen molar-refractivity contribution in [1.29, 1.82) is 0 Å². The van der Waals surface area contributed by atoms with Gasteiger partial charge in [0.05, 0.1) is 11.4 Å². The van der Waals surface area contributed by atoms with Gasteiger partial charge in [-0.15, -0.1) is 0 Å². The first kappa shape index (κ1) is 17.8. The number of hydrogen-bond acceptors (Lipinski definition) is 4. The van der Waals surface area contributed by atoms with Crippen LogP contribution in [0.25, 0.3) is 5.69 Å². The van der Waals surface area contributed by atoms with Crippen LogP contribution >= 0.6 is 12.2 Å². The third kappa shape index (κ3) is 3.62. The van der Waals surface area contributed by atoms with E-state index in [1.165, 1.54) is 35.0 Å². The van der Waals surface area contributed by atoms with E-state index in [0.29, 0.717) is 11.4 Å². The van der Waals surface area contributed by atoms with Crippen molar-refractivity contribution in [1.82, 2.24) is 9.55 Å². The highest BCUT2D eigenvalue weighted by molar-refractivity contribution is 7.71. The Morgan fingerprint density at radius 1 is 1.19 bits per heavy atom. The first-order chi connectivity index (χ1) is 12.5. The summed E-state index contributed by atoms with van der Waals surface area (Å²) in [6, 6.07) is 12.9. The van der Waals surface area contributed by atoms with E-state index < -0.39 is 5.56 Å². The minimum atomic E-state index is -0.556. The predicted octanol–water partition coefficient (Wildman–Crippen LogP) is 4.05. The van der Waals surface area contributed by atoms with Crippen molar-refractivity contribution in [3.8, 4) is 11.6 Å². The molecule has 26 heavy (non-hydrogen) atoms. The molecular formula is C19H16FN3O2S. The summed E-state index contributed by atoms with van der Waals surface area (Å²) < 4.78 is 14.4. The minimum absolute atomic E-state index is 0.0394. The Kier molecular flexibility index (Phi) is 5.09. The number of rotatable bonds is 4. The summed E-state index contributed by atoms with van der Waals surface area (Å²) >= 11 is 5.18. The second-order valence-electron chi connectivity index (χ2n) is 5.59. The maximum Gasteiger partial charge on any atom is 0.264 e. The standard InChI is InChI=1S/C19H16FN3O2S/c1-2-12-3-9-15(10-4-12)23-18(25)16(17(24)22-19(23)26)11-21-14-7-5-13(20)6-8-14/h3-11,25H,2H2,1H3,(H,22,24,26). The van der Waals surface area contributed by atoms with Gasteiger partial charge in [-0.2, -0.15) is 0 Å². The first-order valence-electron chi connectivity index (χ1n) is 7.97. The van der Waals surface area contributed by atoms with Crippen molar-refractivity contribution in [3.63, 3.8) is 0 Å². The highest BCUT2D eigenvalue weighted by Crippen LogP contribution is 2.20. The fourth-order valence-electron chi connectivity index (χ4n) is 2.44. The van der Waals surface area contributed by atoms with E-state index in [1.54, 1.807) is 0 Å². The van der Waals surface area contributed by atoms with Crippen LogP contribution in [-0.4, -0.2) is 20.9 Å². The van der Waals surface area contributed by atoms with Crippen molar-refractivity contribution < 1.29 is 9.50 Å². The predicted molar refractivity (Wildman–Crippen MR) is 102 cm³/mol. The zero-order valence-electron chi connectivity index (χ0n) is 13.9. The van der Waals surface area contributed by atoms with Gasteiger partial charge in [-0.3, -0.25) is 19.3 Å². The van der Waals surface area contributed by atoms with Gasteiger partial charge in [-0.05, 0) is 60.6 Å². The molecule has 0 aliphatic carbocycles. The molecule has 0 spiro atoms. The molecule has 1 aromatic heterocycles. The van der Waals surface area contributed by atoms with E-state index in [-0.39, 0.29) is 22.0 Å². The molecule has 7 heteroatoms. The van der Waals surface area contributed by atoms with Crippen LogP contribution in [0.3, 0.4) is 0 Å². The summed E-state index contributed by atoms with van der Waals surface area (Å²) in [5.41, 5.74) is 1.62. The highest BCUT2D eigenvalue weighted by Gasteiger charge is 2.12. The van der Waals surface area contributed by atoms with E-state index in [9.17, 15) is 14.3 Å². The van der Waals surface area contributed by atoms with Crippen LogP contribution in [0, 0.1) is 10.6 Å². The van der Waals surface area contributed by atoms with Crippen LogP contribution in [-0.2, 0) is 6.42 Å². The van der Waals surface area contributed by atoms with Crippen LogP contribution in [0.5, 0.6) is 5.88 Å². The third-order valence-corrected chi connectivity index (χ3v) is 4.18. The maximum atomic E-state index is 13.0. The molecule has 0 fully saturated rings. The fourth-order valence-corrected chi connectivity index (χ4v) is 2.73. The van der Waals surface area contributed by atoms with Crippen LogP contribution in [0.1, 0.15) is 18.1 Å². The lowest BCUT2D eigenvalue weighted by atomic mass is 10.1. The van der Waals surface area contributed by atoms with Crippen molar-refractivity contribution in [3.05, 3.63) is 80.6 Å². The molecule has 132 valence electrons. The smallest absolute Gasteiger partial charge is 0.264 e. The molecule has 1 heterocycles. The molecule has 0 aliphatic heterocycles. The molecule has 3 rings (SSSR count).